The fourth-order valence-corrected chi connectivity index (χ4v) is 4.55. The van der Waals surface area contributed by atoms with Crippen LogP contribution in [0.3, 0.4) is 0 Å². The van der Waals surface area contributed by atoms with Crippen molar-refractivity contribution in [3.05, 3.63) is 81.1 Å². The average Bonchev–Trinajstić information content (AvgIpc) is 2.77. The molecule has 1 unspecified atom stereocenters. The molecule has 1 aliphatic rings. The summed E-state index contributed by atoms with van der Waals surface area (Å²) in [7, 11) is 0. The number of hydrazone groups is 1. The lowest BCUT2D eigenvalue weighted by Crippen LogP contribution is -2.41. The Morgan fingerprint density at radius 1 is 1.03 bits per heavy atom. The number of nitrogens with one attached hydrogen (secondary N) is 1. The van der Waals surface area contributed by atoms with Crippen LogP contribution >= 0.6 is 46.6 Å². The summed E-state index contributed by atoms with van der Waals surface area (Å²) in [6, 6.07) is 13.7. The molecule has 0 spiro atoms. The molecule has 2 amide bonds. The zero-order valence-electron chi connectivity index (χ0n) is 15.8. The molecule has 0 aliphatic carbocycles. The Labute approximate surface area is 197 Å². The summed E-state index contributed by atoms with van der Waals surface area (Å²) in [6.07, 6.45) is 2.32. The molecule has 31 heavy (non-hydrogen) atoms. The molecule has 6 nitrogen and oxygen atoms in total. The molecule has 158 valence electrons. The van der Waals surface area contributed by atoms with Crippen molar-refractivity contribution < 1.29 is 9.90 Å². The van der Waals surface area contributed by atoms with E-state index in [1.54, 1.807) is 36.7 Å². The number of benzene rings is 2. The minimum Gasteiger partial charge on any atom is -0.384 e. The number of hydrogen-bond donors (Lipinski definition) is 2. The van der Waals surface area contributed by atoms with Crippen LogP contribution in [0.1, 0.15) is 17.2 Å². The number of anilines is 1. The van der Waals surface area contributed by atoms with Crippen LogP contribution in [-0.4, -0.2) is 28.9 Å². The summed E-state index contributed by atoms with van der Waals surface area (Å²) in [5, 5.41) is 19.7. The van der Waals surface area contributed by atoms with Crippen LogP contribution in [0.2, 0.25) is 15.2 Å². The van der Waals surface area contributed by atoms with Gasteiger partial charge < -0.3 is 10.4 Å². The van der Waals surface area contributed by atoms with Gasteiger partial charge >= 0.3 is 6.03 Å². The second-order valence-electron chi connectivity index (χ2n) is 6.52. The SMILES string of the molecule is O=C1NCC=NN1c1cc(Cl)c(Sc2ccc(C(O)c3ccc(Cl)nc3)cc2)c(Cl)c1. The van der Waals surface area contributed by atoms with E-state index in [0.717, 1.165) is 10.5 Å². The van der Waals surface area contributed by atoms with Gasteiger partial charge in [0.05, 0.1) is 22.3 Å². The third kappa shape index (κ3) is 4.97. The maximum Gasteiger partial charge on any atom is 0.342 e. The standard InChI is InChI=1S/C21H15Cl3N4O2S/c22-16-9-14(28-21(30)25-7-8-27-28)10-17(23)20(16)31-15-4-1-12(2-5-15)19(29)13-3-6-18(24)26-11-13/h1-6,8-11,19,29H,7H2,(H,25,30). The average molecular weight is 494 g/mol. The molecule has 2 aromatic carbocycles. The number of aliphatic hydroxyl groups is 1. The largest absolute Gasteiger partial charge is 0.384 e. The highest BCUT2D eigenvalue weighted by molar-refractivity contribution is 7.99. The van der Waals surface area contributed by atoms with Crippen LogP contribution in [0.5, 0.6) is 0 Å². The van der Waals surface area contributed by atoms with E-state index in [1.165, 1.54) is 16.8 Å². The van der Waals surface area contributed by atoms with Crippen LogP contribution in [0.4, 0.5) is 10.5 Å². The van der Waals surface area contributed by atoms with Gasteiger partial charge in [-0.05, 0) is 35.9 Å². The molecule has 0 saturated heterocycles. The number of aliphatic hydroxyl groups excluding tert-OH is 1. The van der Waals surface area contributed by atoms with Crippen LogP contribution in [0.25, 0.3) is 0 Å². The van der Waals surface area contributed by atoms with Crippen molar-refractivity contribution in [1.29, 1.82) is 0 Å². The van der Waals surface area contributed by atoms with Crippen molar-refractivity contribution in [3.63, 3.8) is 0 Å². The van der Waals surface area contributed by atoms with Crippen LogP contribution < -0.4 is 10.3 Å². The molecule has 2 N–H and O–H groups in total. The number of halogens is 3. The van der Waals surface area contributed by atoms with Gasteiger partial charge in [0, 0.05) is 27.8 Å². The van der Waals surface area contributed by atoms with Crippen molar-refractivity contribution in [2.45, 2.75) is 15.9 Å². The normalized spacial score (nSPS) is 14.5. The van der Waals surface area contributed by atoms with Crippen molar-refractivity contribution >= 4 is 64.5 Å². The number of carbonyl (C=O) groups excluding carboxylic acids is 1. The van der Waals surface area contributed by atoms with Crippen molar-refractivity contribution in [1.82, 2.24) is 10.3 Å². The Morgan fingerprint density at radius 2 is 1.71 bits per heavy atom. The summed E-state index contributed by atoms with van der Waals surface area (Å²) >= 11 is 20.1. The number of urea groups is 1. The molecular formula is C21H15Cl3N4O2S. The monoisotopic (exact) mass is 492 g/mol. The van der Waals surface area contributed by atoms with E-state index in [4.69, 9.17) is 34.8 Å². The Morgan fingerprint density at radius 3 is 2.32 bits per heavy atom. The number of pyridine rings is 1. The van der Waals surface area contributed by atoms with E-state index in [2.05, 4.69) is 15.4 Å². The molecule has 0 bridgehead atoms. The zero-order chi connectivity index (χ0) is 22.0. The first-order chi connectivity index (χ1) is 14.9. The van der Waals surface area contributed by atoms with E-state index in [-0.39, 0.29) is 6.03 Å². The highest BCUT2D eigenvalue weighted by atomic mass is 35.5. The molecule has 10 heteroatoms. The van der Waals surface area contributed by atoms with Gasteiger partial charge in [-0.1, -0.05) is 64.8 Å². The third-order valence-electron chi connectivity index (χ3n) is 4.44. The lowest BCUT2D eigenvalue weighted by molar-refractivity contribution is 0.220. The topological polar surface area (TPSA) is 77.8 Å². The summed E-state index contributed by atoms with van der Waals surface area (Å²) in [5.41, 5.74) is 1.84. The van der Waals surface area contributed by atoms with E-state index in [9.17, 15) is 9.90 Å². The molecule has 1 aliphatic heterocycles. The van der Waals surface area contributed by atoms with Gasteiger partial charge in [0.15, 0.2) is 0 Å². The first-order valence-electron chi connectivity index (χ1n) is 9.09. The van der Waals surface area contributed by atoms with Gasteiger partial charge in [-0.25, -0.2) is 9.78 Å². The quantitative estimate of drug-likeness (QED) is 0.441. The highest BCUT2D eigenvalue weighted by Gasteiger charge is 2.20. The molecule has 1 atom stereocenters. The fraction of sp³-hybridized carbons (Fsp3) is 0.0952. The minimum absolute atomic E-state index is 0.347. The molecule has 2 heterocycles. The predicted octanol–water partition coefficient (Wildman–Crippen LogP) is 5.79. The van der Waals surface area contributed by atoms with Crippen LogP contribution in [0.15, 0.2) is 69.6 Å². The number of rotatable bonds is 5. The van der Waals surface area contributed by atoms with E-state index >= 15 is 0 Å². The third-order valence-corrected chi connectivity index (χ3v) is 6.64. The molecular weight excluding hydrogens is 479 g/mol. The summed E-state index contributed by atoms with van der Waals surface area (Å²) in [5.74, 6) is 0. The van der Waals surface area contributed by atoms with Crippen molar-refractivity contribution in [2.75, 3.05) is 11.6 Å². The Balaban J connectivity index is 1.52. The van der Waals surface area contributed by atoms with Gasteiger partial charge in [-0.3, -0.25) is 0 Å². The lowest BCUT2D eigenvalue weighted by Gasteiger charge is -2.21. The molecule has 0 fully saturated rings. The molecule has 3 aromatic rings. The van der Waals surface area contributed by atoms with Crippen LogP contribution in [-0.2, 0) is 0 Å². The predicted molar refractivity (Wildman–Crippen MR) is 125 cm³/mol. The van der Waals surface area contributed by atoms with Crippen molar-refractivity contribution in [2.24, 2.45) is 5.10 Å². The van der Waals surface area contributed by atoms with Crippen LogP contribution in [0, 0.1) is 0 Å². The van der Waals surface area contributed by atoms with Gasteiger partial charge in [-0.15, -0.1) is 0 Å². The van der Waals surface area contributed by atoms with Gasteiger partial charge in [0.2, 0.25) is 0 Å². The maximum absolute atomic E-state index is 12.0. The number of hydrogen-bond acceptors (Lipinski definition) is 5. The number of amides is 2. The van der Waals surface area contributed by atoms with Crippen molar-refractivity contribution in [3.8, 4) is 0 Å². The van der Waals surface area contributed by atoms with Gasteiger partial charge in [0.1, 0.15) is 11.3 Å². The summed E-state index contributed by atoms with van der Waals surface area (Å²) in [6.45, 7) is 0.379. The first-order valence-corrected chi connectivity index (χ1v) is 11.0. The second-order valence-corrected chi connectivity index (χ2v) is 8.81. The highest BCUT2D eigenvalue weighted by Crippen LogP contribution is 2.41. The van der Waals surface area contributed by atoms with Gasteiger partial charge in [-0.2, -0.15) is 10.1 Å². The van der Waals surface area contributed by atoms with E-state index in [1.807, 2.05) is 24.3 Å². The Kier molecular flexibility index (Phi) is 6.69. The number of aromatic nitrogens is 1. The Bertz CT molecular complexity index is 1120. The number of nitrogens with zero attached hydrogens (tertiary/aromatic N) is 3. The number of carbonyl (C=O) groups is 1. The van der Waals surface area contributed by atoms with E-state index < -0.39 is 6.10 Å². The summed E-state index contributed by atoms with van der Waals surface area (Å²) < 4.78 is 0. The summed E-state index contributed by atoms with van der Waals surface area (Å²) in [4.78, 5) is 17.5. The first kappa shape index (κ1) is 21.9. The smallest absolute Gasteiger partial charge is 0.342 e. The lowest BCUT2D eigenvalue weighted by atomic mass is 10.0. The maximum atomic E-state index is 12.0. The molecule has 1 aromatic heterocycles. The molecule has 4 rings (SSSR count). The fourth-order valence-electron chi connectivity index (χ4n) is 2.91. The minimum atomic E-state index is -0.813. The Hall–Kier alpha value is -2.29. The van der Waals surface area contributed by atoms with E-state index in [0.29, 0.717) is 37.9 Å². The molecule has 0 saturated carbocycles. The second kappa shape index (κ2) is 9.46. The van der Waals surface area contributed by atoms with Gasteiger partial charge in [0.25, 0.3) is 0 Å². The zero-order valence-corrected chi connectivity index (χ0v) is 18.9. The molecule has 0 radical (unpaired) electrons.